The number of nitrogens with zero attached hydrogens (tertiary/aromatic N) is 2. The number of hydrogen-bond donors (Lipinski definition) is 2. The van der Waals surface area contributed by atoms with Gasteiger partial charge in [-0.1, -0.05) is 13.3 Å². The van der Waals surface area contributed by atoms with E-state index in [1.165, 1.54) is 12.8 Å². The Hall–Kier alpha value is -0.840. The van der Waals surface area contributed by atoms with Crippen molar-refractivity contribution in [3.05, 3.63) is 10.8 Å². The van der Waals surface area contributed by atoms with Crippen LogP contribution in [0.15, 0.2) is 10.8 Å². The van der Waals surface area contributed by atoms with Gasteiger partial charge in [0.15, 0.2) is 0 Å². The average molecular weight is 271 g/mol. The summed E-state index contributed by atoms with van der Waals surface area (Å²) in [6, 6.07) is 0.589. The van der Waals surface area contributed by atoms with E-state index in [0.717, 1.165) is 22.0 Å². The molecule has 5 heteroatoms. The van der Waals surface area contributed by atoms with Crippen molar-refractivity contribution in [2.45, 2.75) is 25.8 Å². The summed E-state index contributed by atoms with van der Waals surface area (Å²) in [7, 11) is 1.85. The summed E-state index contributed by atoms with van der Waals surface area (Å²) >= 11 is 3.49. The summed E-state index contributed by atoms with van der Waals surface area (Å²) in [6.07, 6.45) is 4.06. The van der Waals surface area contributed by atoms with Gasteiger partial charge in [0.25, 0.3) is 0 Å². The quantitative estimate of drug-likeness (QED) is 0.883. The second-order valence-electron chi connectivity index (χ2n) is 3.79. The monoisotopic (exact) mass is 270 g/mol. The van der Waals surface area contributed by atoms with E-state index in [1.807, 2.05) is 7.05 Å². The summed E-state index contributed by atoms with van der Waals surface area (Å²) in [5.41, 5.74) is 0. The Bertz CT molecular complexity index is 355. The molecule has 1 aromatic rings. The van der Waals surface area contributed by atoms with Gasteiger partial charge < -0.3 is 10.6 Å². The van der Waals surface area contributed by atoms with Crippen molar-refractivity contribution in [1.82, 2.24) is 9.97 Å². The highest BCUT2D eigenvalue weighted by Gasteiger charge is 2.35. The molecular formula is C10H15BrN4. The zero-order chi connectivity index (χ0) is 10.8. The third-order valence-corrected chi connectivity index (χ3v) is 3.55. The molecule has 1 heterocycles. The molecule has 0 amide bonds. The zero-order valence-corrected chi connectivity index (χ0v) is 10.5. The number of aromatic nitrogens is 2. The van der Waals surface area contributed by atoms with Crippen LogP contribution in [-0.4, -0.2) is 23.1 Å². The molecule has 0 bridgehead atoms. The van der Waals surface area contributed by atoms with Crippen LogP contribution >= 0.6 is 15.9 Å². The first-order chi connectivity index (χ1) is 7.26. The Morgan fingerprint density at radius 2 is 2.20 bits per heavy atom. The summed E-state index contributed by atoms with van der Waals surface area (Å²) in [5.74, 6) is 2.52. The second-order valence-corrected chi connectivity index (χ2v) is 4.58. The van der Waals surface area contributed by atoms with E-state index >= 15 is 0 Å². The van der Waals surface area contributed by atoms with Crippen LogP contribution in [0, 0.1) is 5.92 Å². The molecule has 2 rings (SSSR count). The highest BCUT2D eigenvalue weighted by atomic mass is 79.9. The van der Waals surface area contributed by atoms with Gasteiger partial charge in [0.05, 0.1) is 0 Å². The molecule has 82 valence electrons. The SMILES string of the molecule is CCC1CC1Nc1ncnc(NC)c1Br. The van der Waals surface area contributed by atoms with Crippen molar-refractivity contribution in [1.29, 1.82) is 0 Å². The van der Waals surface area contributed by atoms with Gasteiger partial charge in [-0.3, -0.25) is 0 Å². The number of nitrogens with one attached hydrogen (secondary N) is 2. The second kappa shape index (κ2) is 4.35. The Morgan fingerprint density at radius 1 is 1.47 bits per heavy atom. The summed E-state index contributed by atoms with van der Waals surface area (Å²) in [4.78, 5) is 8.34. The topological polar surface area (TPSA) is 49.8 Å². The Balaban J connectivity index is 2.08. The minimum absolute atomic E-state index is 0.589. The molecule has 2 atom stereocenters. The minimum Gasteiger partial charge on any atom is -0.372 e. The van der Waals surface area contributed by atoms with Crippen molar-refractivity contribution >= 4 is 27.6 Å². The van der Waals surface area contributed by atoms with Gasteiger partial charge in [0.2, 0.25) is 0 Å². The van der Waals surface area contributed by atoms with Gasteiger partial charge in [0, 0.05) is 13.1 Å². The molecule has 0 aliphatic heterocycles. The predicted molar refractivity (Wildman–Crippen MR) is 65.1 cm³/mol. The van der Waals surface area contributed by atoms with Crippen LogP contribution in [0.4, 0.5) is 11.6 Å². The van der Waals surface area contributed by atoms with E-state index in [2.05, 4.69) is 43.5 Å². The summed E-state index contributed by atoms with van der Waals surface area (Å²) < 4.78 is 0.911. The molecule has 0 radical (unpaired) electrons. The van der Waals surface area contributed by atoms with Crippen molar-refractivity contribution in [2.24, 2.45) is 5.92 Å². The van der Waals surface area contributed by atoms with Crippen LogP contribution in [0.1, 0.15) is 19.8 Å². The first kappa shape index (κ1) is 10.7. The Kier molecular flexibility index (Phi) is 3.09. The summed E-state index contributed by atoms with van der Waals surface area (Å²) in [5, 5.41) is 6.44. The van der Waals surface area contributed by atoms with Crippen molar-refractivity contribution in [2.75, 3.05) is 17.7 Å². The fourth-order valence-corrected chi connectivity index (χ4v) is 2.21. The van der Waals surface area contributed by atoms with E-state index in [0.29, 0.717) is 6.04 Å². The van der Waals surface area contributed by atoms with E-state index in [1.54, 1.807) is 6.33 Å². The molecule has 1 aromatic heterocycles. The maximum atomic E-state index is 4.23. The molecule has 4 nitrogen and oxygen atoms in total. The fraction of sp³-hybridized carbons (Fsp3) is 0.600. The maximum absolute atomic E-state index is 4.23. The molecule has 1 fully saturated rings. The lowest BCUT2D eigenvalue weighted by molar-refractivity contribution is 0.773. The van der Waals surface area contributed by atoms with Crippen LogP contribution in [0.2, 0.25) is 0 Å². The Labute approximate surface area is 98.0 Å². The standard InChI is InChI=1S/C10H15BrN4/c1-3-6-4-7(6)15-10-8(11)9(12-2)13-5-14-10/h5-7H,3-4H2,1-2H3,(H2,12,13,14,15). The third-order valence-electron chi connectivity index (χ3n) is 2.80. The Morgan fingerprint density at radius 3 is 2.80 bits per heavy atom. The molecule has 1 saturated carbocycles. The molecule has 15 heavy (non-hydrogen) atoms. The lowest BCUT2D eigenvalue weighted by Crippen LogP contribution is -2.08. The van der Waals surface area contributed by atoms with Crippen molar-refractivity contribution < 1.29 is 0 Å². The highest BCUT2D eigenvalue weighted by molar-refractivity contribution is 9.10. The van der Waals surface area contributed by atoms with E-state index < -0.39 is 0 Å². The fourth-order valence-electron chi connectivity index (χ4n) is 1.70. The lowest BCUT2D eigenvalue weighted by atomic mass is 10.3. The number of anilines is 2. The maximum Gasteiger partial charge on any atom is 0.146 e. The molecular weight excluding hydrogens is 256 g/mol. The molecule has 1 aliphatic carbocycles. The van der Waals surface area contributed by atoms with Crippen LogP contribution in [-0.2, 0) is 0 Å². The first-order valence-corrected chi connectivity index (χ1v) is 6.00. The van der Waals surface area contributed by atoms with Gasteiger partial charge in [-0.05, 0) is 28.3 Å². The molecule has 0 aromatic carbocycles. The predicted octanol–water partition coefficient (Wildman–Crippen LogP) is 2.49. The van der Waals surface area contributed by atoms with Crippen LogP contribution in [0.3, 0.4) is 0 Å². The number of rotatable bonds is 4. The van der Waals surface area contributed by atoms with E-state index in [4.69, 9.17) is 0 Å². The zero-order valence-electron chi connectivity index (χ0n) is 8.92. The highest BCUT2D eigenvalue weighted by Crippen LogP contribution is 2.37. The van der Waals surface area contributed by atoms with Gasteiger partial charge >= 0.3 is 0 Å². The molecule has 2 N–H and O–H groups in total. The average Bonchev–Trinajstić information content (AvgIpc) is 3.00. The van der Waals surface area contributed by atoms with E-state index in [9.17, 15) is 0 Å². The first-order valence-electron chi connectivity index (χ1n) is 5.21. The van der Waals surface area contributed by atoms with Crippen molar-refractivity contribution in [3.63, 3.8) is 0 Å². The van der Waals surface area contributed by atoms with Gasteiger partial charge in [-0.15, -0.1) is 0 Å². The minimum atomic E-state index is 0.589. The number of hydrogen-bond acceptors (Lipinski definition) is 4. The number of halogens is 1. The summed E-state index contributed by atoms with van der Waals surface area (Å²) in [6.45, 7) is 2.22. The van der Waals surface area contributed by atoms with Crippen LogP contribution < -0.4 is 10.6 Å². The largest absolute Gasteiger partial charge is 0.372 e. The third kappa shape index (κ3) is 2.22. The molecule has 1 aliphatic rings. The molecule has 2 unspecified atom stereocenters. The van der Waals surface area contributed by atoms with E-state index in [-0.39, 0.29) is 0 Å². The molecule has 0 saturated heterocycles. The normalized spacial score (nSPS) is 23.7. The smallest absolute Gasteiger partial charge is 0.146 e. The van der Waals surface area contributed by atoms with Gasteiger partial charge in [-0.2, -0.15) is 0 Å². The molecule has 0 spiro atoms. The lowest BCUT2D eigenvalue weighted by Gasteiger charge is -2.09. The van der Waals surface area contributed by atoms with Crippen LogP contribution in [0.25, 0.3) is 0 Å². The van der Waals surface area contributed by atoms with Gasteiger partial charge in [-0.25, -0.2) is 9.97 Å². The van der Waals surface area contributed by atoms with Crippen LogP contribution in [0.5, 0.6) is 0 Å². The van der Waals surface area contributed by atoms with Gasteiger partial charge in [0.1, 0.15) is 22.4 Å². The van der Waals surface area contributed by atoms with Crippen molar-refractivity contribution in [3.8, 4) is 0 Å².